The summed E-state index contributed by atoms with van der Waals surface area (Å²) >= 11 is 0. The van der Waals surface area contributed by atoms with Gasteiger partial charge in [-0.1, -0.05) is 16.8 Å². The lowest BCUT2D eigenvalue weighted by molar-refractivity contribution is -0.754. The van der Waals surface area contributed by atoms with E-state index in [0.29, 0.717) is 6.61 Å². The fourth-order valence-corrected chi connectivity index (χ4v) is 1.46. The first-order valence-electron chi connectivity index (χ1n) is 5.35. The largest absolute Gasteiger partial charge is 0.487 e. The van der Waals surface area contributed by atoms with E-state index in [1.807, 2.05) is 41.2 Å². The van der Waals surface area contributed by atoms with Crippen molar-refractivity contribution in [3.8, 4) is 5.75 Å². The minimum absolute atomic E-state index is 0.630. The number of benzene rings is 1. The summed E-state index contributed by atoms with van der Waals surface area (Å²) in [4.78, 5) is 0. The molecule has 0 unspecified atom stereocenters. The molecule has 82 valence electrons. The molecule has 0 radical (unpaired) electrons. The van der Waals surface area contributed by atoms with Gasteiger partial charge in [0.1, 0.15) is 12.4 Å². The van der Waals surface area contributed by atoms with Gasteiger partial charge >= 0.3 is 0 Å². The molecular weight excluding hydrogens is 200 g/mol. The van der Waals surface area contributed by atoms with Crippen molar-refractivity contribution >= 4 is 0 Å². The van der Waals surface area contributed by atoms with E-state index in [-0.39, 0.29) is 0 Å². The molecular formula is C13H15N2O+. The Morgan fingerprint density at radius 3 is 2.94 bits per heavy atom. The Hall–Kier alpha value is -1.90. The lowest BCUT2D eigenvalue weighted by Gasteiger charge is -2.03. The minimum Gasteiger partial charge on any atom is -0.487 e. The van der Waals surface area contributed by atoms with E-state index >= 15 is 0 Å². The van der Waals surface area contributed by atoms with Crippen LogP contribution in [-0.2, 0) is 6.54 Å². The van der Waals surface area contributed by atoms with E-state index in [1.54, 1.807) is 6.20 Å². The van der Waals surface area contributed by atoms with Gasteiger partial charge in [0.2, 0.25) is 6.54 Å². The van der Waals surface area contributed by atoms with Crippen molar-refractivity contribution in [1.82, 2.24) is 5.10 Å². The molecule has 2 aromatic rings. The molecule has 1 aromatic carbocycles. The van der Waals surface area contributed by atoms with Crippen LogP contribution in [-0.4, -0.2) is 11.7 Å². The van der Waals surface area contributed by atoms with Gasteiger partial charge in [0.15, 0.2) is 6.20 Å². The Labute approximate surface area is 95.3 Å². The van der Waals surface area contributed by atoms with Crippen molar-refractivity contribution in [2.75, 3.05) is 6.61 Å². The minimum atomic E-state index is 0.630. The van der Waals surface area contributed by atoms with Crippen LogP contribution in [0.25, 0.3) is 0 Å². The monoisotopic (exact) mass is 215 g/mol. The standard InChI is InChI=1S/C13H15N2O/c1-12-5-4-6-13(11-12)16-10-9-15-8-3-2-7-14-15/h2-8,11H,9-10H2,1H3/q+1. The summed E-state index contributed by atoms with van der Waals surface area (Å²) in [6.07, 6.45) is 3.70. The van der Waals surface area contributed by atoms with Crippen LogP contribution < -0.4 is 9.42 Å². The van der Waals surface area contributed by atoms with Crippen molar-refractivity contribution < 1.29 is 9.42 Å². The van der Waals surface area contributed by atoms with E-state index in [1.165, 1.54) is 5.56 Å². The summed E-state index contributed by atoms with van der Waals surface area (Å²) in [5.74, 6) is 0.913. The van der Waals surface area contributed by atoms with Crippen LogP contribution in [0.5, 0.6) is 5.75 Å². The van der Waals surface area contributed by atoms with Crippen LogP contribution in [0.1, 0.15) is 5.56 Å². The molecule has 0 spiro atoms. The van der Waals surface area contributed by atoms with E-state index in [0.717, 1.165) is 12.3 Å². The molecule has 0 amide bonds. The summed E-state index contributed by atoms with van der Waals surface area (Å²) in [6.45, 7) is 3.44. The molecule has 0 bridgehead atoms. The quantitative estimate of drug-likeness (QED) is 0.726. The van der Waals surface area contributed by atoms with Gasteiger partial charge in [-0.3, -0.25) is 0 Å². The summed E-state index contributed by atoms with van der Waals surface area (Å²) < 4.78 is 7.49. The third-order valence-corrected chi connectivity index (χ3v) is 2.25. The lowest BCUT2D eigenvalue weighted by Crippen LogP contribution is -2.39. The Kier molecular flexibility index (Phi) is 3.49. The van der Waals surface area contributed by atoms with Crippen molar-refractivity contribution in [1.29, 1.82) is 0 Å². The molecule has 1 aromatic heterocycles. The van der Waals surface area contributed by atoms with Crippen LogP contribution in [0.3, 0.4) is 0 Å². The second-order valence-corrected chi connectivity index (χ2v) is 3.63. The van der Waals surface area contributed by atoms with E-state index in [4.69, 9.17) is 4.74 Å². The van der Waals surface area contributed by atoms with Gasteiger partial charge in [-0.15, -0.1) is 0 Å². The zero-order valence-corrected chi connectivity index (χ0v) is 9.34. The van der Waals surface area contributed by atoms with Gasteiger partial charge < -0.3 is 4.74 Å². The number of aryl methyl sites for hydroxylation is 1. The third-order valence-electron chi connectivity index (χ3n) is 2.25. The predicted molar refractivity (Wildman–Crippen MR) is 61.1 cm³/mol. The van der Waals surface area contributed by atoms with E-state index < -0.39 is 0 Å². The average molecular weight is 215 g/mol. The second kappa shape index (κ2) is 5.26. The first-order chi connectivity index (χ1) is 7.84. The summed E-state index contributed by atoms with van der Waals surface area (Å²) in [7, 11) is 0. The van der Waals surface area contributed by atoms with Gasteiger partial charge in [0.05, 0.1) is 6.20 Å². The molecule has 1 heterocycles. The van der Waals surface area contributed by atoms with Crippen molar-refractivity contribution in [3.63, 3.8) is 0 Å². The number of hydrogen-bond donors (Lipinski definition) is 0. The Balaban J connectivity index is 1.85. The van der Waals surface area contributed by atoms with Gasteiger partial charge in [-0.25, -0.2) is 0 Å². The van der Waals surface area contributed by atoms with Crippen LogP contribution in [0.4, 0.5) is 0 Å². The van der Waals surface area contributed by atoms with Crippen LogP contribution in [0.15, 0.2) is 48.8 Å². The van der Waals surface area contributed by atoms with Crippen molar-refractivity contribution in [3.05, 3.63) is 54.4 Å². The van der Waals surface area contributed by atoms with Gasteiger partial charge in [0, 0.05) is 6.07 Å². The van der Waals surface area contributed by atoms with Crippen LogP contribution >= 0.6 is 0 Å². The number of hydrogen-bond acceptors (Lipinski definition) is 2. The third kappa shape index (κ3) is 3.05. The molecule has 3 heteroatoms. The SMILES string of the molecule is Cc1cccc(OCC[n+]2ccccn2)c1. The second-order valence-electron chi connectivity index (χ2n) is 3.63. The molecule has 16 heavy (non-hydrogen) atoms. The average Bonchev–Trinajstić information content (AvgIpc) is 2.30. The fraction of sp³-hybridized carbons (Fsp3) is 0.231. The van der Waals surface area contributed by atoms with E-state index in [2.05, 4.69) is 18.1 Å². The summed E-state index contributed by atoms with van der Waals surface area (Å²) in [6, 6.07) is 11.9. The number of rotatable bonds is 4. The maximum Gasteiger partial charge on any atom is 0.207 e. The smallest absolute Gasteiger partial charge is 0.207 e. The zero-order valence-electron chi connectivity index (χ0n) is 9.34. The number of ether oxygens (including phenoxy) is 1. The molecule has 0 aliphatic heterocycles. The molecule has 0 N–H and O–H groups in total. The fourth-order valence-electron chi connectivity index (χ4n) is 1.46. The summed E-state index contributed by atoms with van der Waals surface area (Å²) in [5, 5.41) is 4.16. The molecule has 0 saturated heterocycles. The Morgan fingerprint density at radius 1 is 1.25 bits per heavy atom. The van der Waals surface area contributed by atoms with E-state index in [9.17, 15) is 0 Å². The highest BCUT2D eigenvalue weighted by molar-refractivity contribution is 5.27. The normalized spacial score (nSPS) is 10.1. The first-order valence-corrected chi connectivity index (χ1v) is 5.35. The zero-order chi connectivity index (χ0) is 11.2. The maximum absolute atomic E-state index is 5.63. The molecule has 0 aliphatic carbocycles. The maximum atomic E-state index is 5.63. The Bertz CT molecular complexity index is 443. The lowest BCUT2D eigenvalue weighted by atomic mass is 10.2. The Morgan fingerprint density at radius 2 is 2.19 bits per heavy atom. The highest BCUT2D eigenvalue weighted by Gasteiger charge is 2.00. The molecule has 2 rings (SSSR count). The van der Waals surface area contributed by atoms with Gasteiger partial charge in [-0.2, -0.15) is 0 Å². The molecule has 0 aliphatic rings. The van der Waals surface area contributed by atoms with Crippen LogP contribution in [0.2, 0.25) is 0 Å². The van der Waals surface area contributed by atoms with Crippen LogP contribution in [0, 0.1) is 6.92 Å². The first kappa shape index (κ1) is 10.6. The van der Waals surface area contributed by atoms with Crippen molar-refractivity contribution in [2.24, 2.45) is 0 Å². The predicted octanol–water partition coefficient (Wildman–Crippen LogP) is 1.76. The topological polar surface area (TPSA) is 26.0 Å². The number of aromatic nitrogens is 2. The molecule has 0 saturated carbocycles. The van der Waals surface area contributed by atoms with Gasteiger partial charge in [-0.05, 0) is 35.8 Å². The van der Waals surface area contributed by atoms with Gasteiger partial charge in [0.25, 0.3) is 0 Å². The molecule has 3 nitrogen and oxygen atoms in total. The van der Waals surface area contributed by atoms with Crippen molar-refractivity contribution in [2.45, 2.75) is 13.5 Å². The summed E-state index contributed by atoms with van der Waals surface area (Å²) in [5.41, 5.74) is 1.21. The number of nitrogens with zero attached hydrogens (tertiary/aromatic N) is 2. The highest BCUT2D eigenvalue weighted by atomic mass is 16.5. The highest BCUT2D eigenvalue weighted by Crippen LogP contribution is 2.11. The molecule has 0 fully saturated rings. The molecule has 0 atom stereocenters.